The summed E-state index contributed by atoms with van der Waals surface area (Å²) in [6.07, 6.45) is 0.716. The maximum absolute atomic E-state index is 12.8. The van der Waals surface area contributed by atoms with Gasteiger partial charge in [0.25, 0.3) is 0 Å². The average molecular weight is 480 g/mol. The highest BCUT2D eigenvalue weighted by atomic mass is 32.2. The highest BCUT2D eigenvalue weighted by Gasteiger charge is 2.33. The van der Waals surface area contributed by atoms with Gasteiger partial charge in [0.1, 0.15) is 12.1 Å². The maximum atomic E-state index is 12.8. The van der Waals surface area contributed by atoms with E-state index in [2.05, 4.69) is 16.0 Å². The first-order chi connectivity index (χ1) is 15.0. The summed E-state index contributed by atoms with van der Waals surface area (Å²) in [5, 5.41) is 35.8. The molecule has 12 nitrogen and oxygen atoms in total. The number of aliphatic hydroxyl groups is 2. The molecular formula is C19H37N5O7S. The third kappa shape index (κ3) is 11.1. The van der Waals surface area contributed by atoms with Gasteiger partial charge >= 0.3 is 5.97 Å². The number of unbranched alkanes of at least 4 members (excludes halogenated alkanes) is 1. The van der Waals surface area contributed by atoms with Crippen molar-refractivity contribution in [3.05, 3.63) is 0 Å². The Bertz CT molecular complexity index is 621. The number of amides is 3. The van der Waals surface area contributed by atoms with Crippen molar-refractivity contribution in [3.63, 3.8) is 0 Å². The van der Waals surface area contributed by atoms with Crippen LogP contribution in [0.15, 0.2) is 0 Å². The summed E-state index contributed by atoms with van der Waals surface area (Å²) in [7, 11) is 0. The summed E-state index contributed by atoms with van der Waals surface area (Å²) in [5.41, 5.74) is 11.3. The van der Waals surface area contributed by atoms with Crippen LogP contribution in [0.25, 0.3) is 0 Å². The van der Waals surface area contributed by atoms with Gasteiger partial charge in [0.2, 0.25) is 17.7 Å². The fourth-order valence-corrected chi connectivity index (χ4v) is 3.20. The predicted molar refractivity (Wildman–Crippen MR) is 121 cm³/mol. The van der Waals surface area contributed by atoms with Gasteiger partial charge in [-0.2, -0.15) is 11.8 Å². The van der Waals surface area contributed by atoms with E-state index in [1.807, 2.05) is 6.26 Å². The maximum Gasteiger partial charge on any atom is 0.328 e. The van der Waals surface area contributed by atoms with E-state index in [9.17, 15) is 34.5 Å². The van der Waals surface area contributed by atoms with Crippen molar-refractivity contribution in [2.75, 3.05) is 18.6 Å². The Morgan fingerprint density at radius 1 is 0.875 bits per heavy atom. The number of carboxylic acids is 1. The lowest BCUT2D eigenvalue weighted by molar-refractivity contribution is -0.145. The van der Waals surface area contributed by atoms with Crippen molar-refractivity contribution in [2.45, 2.75) is 75.9 Å². The Morgan fingerprint density at radius 2 is 1.44 bits per heavy atom. The molecule has 6 atom stereocenters. The summed E-state index contributed by atoms with van der Waals surface area (Å²) in [6.45, 7) is 2.86. The Balaban J connectivity index is 5.37. The molecule has 6 unspecified atom stereocenters. The molecule has 0 fully saturated rings. The Hall–Kier alpha value is -1.93. The van der Waals surface area contributed by atoms with E-state index < -0.39 is 60.1 Å². The molecule has 0 aliphatic rings. The third-order valence-electron chi connectivity index (χ3n) is 4.66. The highest BCUT2D eigenvalue weighted by molar-refractivity contribution is 7.98. The summed E-state index contributed by atoms with van der Waals surface area (Å²) in [4.78, 5) is 48.9. The number of hydrogen-bond donors (Lipinski definition) is 8. The summed E-state index contributed by atoms with van der Waals surface area (Å²) in [6, 6.07) is -4.99. The van der Waals surface area contributed by atoms with Gasteiger partial charge in [-0.1, -0.05) is 0 Å². The van der Waals surface area contributed by atoms with Crippen molar-refractivity contribution >= 4 is 35.5 Å². The zero-order valence-electron chi connectivity index (χ0n) is 18.7. The molecule has 0 spiro atoms. The predicted octanol–water partition coefficient (Wildman–Crippen LogP) is -2.50. The summed E-state index contributed by atoms with van der Waals surface area (Å²) in [5.74, 6) is -3.08. The molecule has 0 aromatic carbocycles. The molecule has 0 aromatic rings. The molecule has 0 radical (unpaired) electrons. The van der Waals surface area contributed by atoms with Crippen LogP contribution in [0.3, 0.4) is 0 Å². The van der Waals surface area contributed by atoms with Crippen molar-refractivity contribution in [3.8, 4) is 0 Å². The lowest BCUT2D eigenvalue weighted by Crippen LogP contribution is -2.60. The molecule has 0 bridgehead atoms. The molecule has 0 saturated carbocycles. The van der Waals surface area contributed by atoms with Crippen LogP contribution in [0.2, 0.25) is 0 Å². The van der Waals surface area contributed by atoms with Crippen LogP contribution < -0.4 is 27.4 Å². The van der Waals surface area contributed by atoms with Crippen LogP contribution in [0, 0.1) is 0 Å². The van der Waals surface area contributed by atoms with E-state index in [1.54, 1.807) is 0 Å². The van der Waals surface area contributed by atoms with Crippen molar-refractivity contribution in [2.24, 2.45) is 11.5 Å². The number of hydrogen-bond acceptors (Lipinski definition) is 9. The quantitative estimate of drug-likeness (QED) is 0.109. The van der Waals surface area contributed by atoms with E-state index in [1.165, 1.54) is 25.6 Å². The molecule has 0 aromatic heterocycles. The van der Waals surface area contributed by atoms with Gasteiger partial charge in [-0.3, -0.25) is 14.4 Å². The van der Waals surface area contributed by atoms with E-state index in [4.69, 9.17) is 11.5 Å². The van der Waals surface area contributed by atoms with Gasteiger partial charge in [-0.05, 0) is 58.1 Å². The average Bonchev–Trinajstić information content (AvgIpc) is 2.71. The number of carbonyl (C=O) groups is 4. The molecule has 32 heavy (non-hydrogen) atoms. The van der Waals surface area contributed by atoms with E-state index >= 15 is 0 Å². The molecule has 0 rings (SSSR count). The minimum Gasteiger partial charge on any atom is -0.480 e. The number of nitrogens with one attached hydrogen (secondary N) is 3. The van der Waals surface area contributed by atoms with Crippen LogP contribution in [0.5, 0.6) is 0 Å². The fraction of sp³-hybridized carbons (Fsp3) is 0.789. The largest absolute Gasteiger partial charge is 0.480 e. The number of thioether (sulfide) groups is 1. The topological polar surface area (TPSA) is 217 Å². The minimum atomic E-state index is -1.57. The molecule has 3 amide bonds. The number of rotatable bonds is 16. The second kappa shape index (κ2) is 15.8. The van der Waals surface area contributed by atoms with Gasteiger partial charge in [-0.25, -0.2) is 4.79 Å². The van der Waals surface area contributed by atoms with Gasteiger partial charge in [0.15, 0.2) is 6.04 Å². The fourth-order valence-electron chi connectivity index (χ4n) is 2.71. The van der Waals surface area contributed by atoms with Crippen LogP contribution in [0.4, 0.5) is 0 Å². The SMILES string of the molecule is CSCCC(N)C(=O)NC(C(=O)NC(CCCCN)C(=O)NC(C(=O)O)C(C)O)C(C)O. The van der Waals surface area contributed by atoms with Crippen molar-refractivity contribution in [1.29, 1.82) is 0 Å². The number of carboxylic acid groups (broad SMARTS) is 1. The lowest BCUT2D eigenvalue weighted by atomic mass is 10.0. The normalized spacial score (nSPS) is 16.7. The monoisotopic (exact) mass is 479 g/mol. The van der Waals surface area contributed by atoms with E-state index in [0.717, 1.165) is 0 Å². The minimum absolute atomic E-state index is 0.134. The lowest BCUT2D eigenvalue weighted by Gasteiger charge is -2.27. The highest BCUT2D eigenvalue weighted by Crippen LogP contribution is 2.06. The van der Waals surface area contributed by atoms with E-state index in [0.29, 0.717) is 31.6 Å². The van der Waals surface area contributed by atoms with Gasteiger partial charge in [0.05, 0.1) is 18.2 Å². The molecule has 10 N–H and O–H groups in total. The number of carbonyl (C=O) groups excluding carboxylic acids is 3. The Morgan fingerprint density at radius 3 is 1.91 bits per heavy atom. The van der Waals surface area contributed by atoms with Crippen LogP contribution in [-0.2, 0) is 19.2 Å². The molecule has 0 saturated heterocycles. The summed E-state index contributed by atoms with van der Waals surface area (Å²) >= 11 is 1.51. The zero-order valence-corrected chi connectivity index (χ0v) is 19.6. The second-order valence-corrected chi connectivity index (χ2v) is 8.51. The number of aliphatic hydroxyl groups excluding tert-OH is 2. The molecule has 0 aliphatic heterocycles. The second-order valence-electron chi connectivity index (χ2n) is 7.53. The standard InChI is InChI=1S/C19H37N5O7S/c1-10(25)14(23-16(27)12(21)7-9-32-3)18(29)22-13(6-4-5-8-20)17(28)24-15(11(2)26)19(30)31/h10-15,25-26H,4-9,20-21H2,1-3H3,(H,22,29)(H,23,27)(H,24,28)(H,30,31). The third-order valence-corrected chi connectivity index (χ3v) is 5.30. The van der Waals surface area contributed by atoms with Crippen molar-refractivity contribution < 1.29 is 34.5 Å². The Labute approximate surface area is 192 Å². The van der Waals surface area contributed by atoms with Gasteiger partial charge in [0, 0.05) is 0 Å². The first-order valence-electron chi connectivity index (χ1n) is 10.4. The van der Waals surface area contributed by atoms with Crippen LogP contribution in [-0.4, -0.2) is 93.9 Å². The van der Waals surface area contributed by atoms with Crippen LogP contribution >= 0.6 is 11.8 Å². The van der Waals surface area contributed by atoms with Crippen molar-refractivity contribution in [1.82, 2.24) is 16.0 Å². The number of nitrogens with two attached hydrogens (primary N) is 2. The molecule has 0 heterocycles. The molecule has 0 aliphatic carbocycles. The van der Waals surface area contributed by atoms with Gasteiger partial charge in [-0.15, -0.1) is 0 Å². The molecule has 186 valence electrons. The zero-order chi connectivity index (χ0) is 24.8. The first-order valence-corrected chi connectivity index (χ1v) is 11.8. The summed E-state index contributed by atoms with van der Waals surface area (Å²) < 4.78 is 0. The number of aliphatic carboxylic acids is 1. The Kier molecular flexibility index (Phi) is 14.9. The smallest absolute Gasteiger partial charge is 0.328 e. The van der Waals surface area contributed by atoms with E-state index in [-0.39, 0.29) is 6.42 Å². The van der Waals surface area contributed by atoms with Gasteiger partial charge < -0.3 is 42.7 Å². The molecule has 13 heteroatoms. The first kappa shape index (κ1) is 30.1. The van der Waals surface area contributed by atoms with Crippen LogP contribution in [0.1, 0.15) is 39.5 Å². The molecular weight excluding hydrogens is 442 g/mol.